The van der Waals surface area contributed by atoms with Crippen LogP contribution in [0.4, 0.5) is 26.3 Å². The highest BCUT2D eigenvalue weighted by molar-refractivity contribution is 9.08. The molecule has 0 amide bonds. The van der Waals surface area contributed by atoms with E-state index < -0.39 is 24.4 Å². The third-order valence-electron chi connectivity index (χ3n) is 7.96. The molecule has 0 bridgehead atoms. The number of ether oxygens (including phenoxy) is 3. The van der Waals surface area contributed by atoms with Gasteiger partial charge in [-0.15, -0.1) is 37.7 Å². The standard InChI is InChI=1S/C25H19ClF3NO5S.C14H13BrF3NO2/c1-13(2)23-17(22(30-35-23)16-5-3-4-6-19(16)34-25(27,28)29)12-33-14-7-8-15(18(26)11-14)20-9-10-21(36-20)24(31)32;1-8(2)13-10(7-15)12(19-21-13)9-5-3-4-6-11(9)20-14(16,17)18/h3-11,13H,12H2,1-2H3,(H,31,32);3-6,8H,7H2,1-2H3. The van der Waals surface area contributed by atoms with Crippen molar-refractivity contribution in [2.24, 2.45) is 0 Å². The second-order valence-electron chi connectivity index (χ2n) is 12.7. The van der Waals surface area contributed by atoms with Gasteiger partial charge in [0.25, 0.3) is 0 Å². The van der Waals surface area contributed by atoms with Crippen LogP contribution in [0.3, 0.4) is 0 Å². The Morgan fingerprint density at radius 1 is 0.772 bits per heavy atom. The molecule has 0 fully saturated rings. The molecular formula is C39H32BrClF6N2O7S. The van der Waals surface area contributed by atoms with Crippen molar-refractivity contribution in [3.63, 3.8) is 0 Å². The van der Waals surface area contributed by atoms with E-state index in [2.05, 4.69) is 35.7 Å². The van der Waals surface area contributed by atoms with Crippen LogP contribution in [-0.4, -0.2) is 34.1 Å². The third-order valence-corrected chi connectivity index (χ3v) is 9.94. The Balaban J connectivity index is 0.000000251. The minimum atomic E-state index is -4.87. The van der Waals surface area contributed by atoms with Crippen molar-refractivity contribution in [1.82, 2.24) is 10.3 Å². The number of aromatic carboxylic acids is 1. The van der Waals surface area contributed by atoms with Gasteiger partial charge in [0.1, 0.15) is 51.6 Å². The van der Waals surface area contributed by atoms with Crippen molar-refractivity contribution in [2.75, 3.05) is 0 Å². The van der Waals surface area contributed by atoms with E-state index in [1.54, 1.807) is 36.4 Å². The molecule has 3 aromatic carbocycles. The zero-order chi connectivity index (χ0) is 41.7. The maximum absolute atomic E-state index is 12.9. The summed E-state index contributed by atoms with van der Waals surface area (Å²) in [7, 11) is 0. The lowest BCUT2D eigenvalue weighted by molar-refractivity contribution is -0.275. The fourth-order valence-corrected chi connectivity index (χ4v) is 7.29. The van der Waals surface area contributed by atoms with Crippen LogP contribution in [0.25, 0.3) is 33.0 Å². The van der Waals surface area contributed by atoms with Gasteiger partial charge in [0, 0.05) is 44.3 Å². The summed E-state index contributed by atoms with van der Waals surface area (Å²) >= 11 is 10.9. The number of aromatic nitrogens is 2. The molecule has 0 radical (unpaired) electrons. The Kier molecular flexibility index (Phi) is 13.7. The predicted molar refractivity (Wildman–Crippen MR) is 204 cm³/mol. The average Bonchev–Trinajstić information content (AvgIpc) is 3.89. The summed E-state index contributed by atoms with van der Waals surface area (Å²) in [5.74, 6) is -0.244. The fourth-order valence-electron chi connectivity index (χ4n) is 5.53. The molecule has 1 N–H and O–H groups in total. The monoisotopic (exact) mass is 900 g/mol. The van der Waals surface area contributed by atoms with Gasteiger partial charge >= 0.3 is 18.7 Å². The highest BCUT2D eigenvalue weighted by Crippen LogP contribution is 2.41. The summed E-state index contributed by atoms with van der Waals surface area (Å²) in [6.07, 6.45) is -9.63. The van der Waals surface area contributed by atoms with Gasteiger partial charge in [-0.2, -0.15) is 0 Å². The van der Waals surface area contributed by atoms with Crippen molar-refractivity contribution >= 4 is 44.8 Å². The number of thiophene rings is 1. The largest absolute Gasteiger partial charge is 0.573 e. The molecule has 0 aliphatic carbocycles. The fraction of sp³-hybridized carbons (Fsp3) is 0.256. The van der Waals surface area contributed by atoms with Gasteiger partial charge in [-0.3, -0.25) is 0 Å². The maximum Gasteiger partial charge on any atom is 0.573 e. The number of carboxylic acid groups (broad SMARTS) is 1. The lowest BCUT2D eigenvalue weighted by Gasteiger charge is -2.14. The first kappa shape index (κ1) is 43.1. The summed E-state index contributed by atoms with van der Waals surface area (Å²) in [4.78, 5) is 12.0. The van der Waals surface area contributed by atoms with Crippen molar-refractivity contribution in [1.29, 1.82) is 0 Å². The highest BCUT2D eigenvalue weighted by Gasteiger charge is 2.34. The second kappa shape index (κ2) is 18.1. The lowest BCUT2D eigenvalue weighted by atomic mass is 10.0. The molecule has 0 saturated carbocycles. The van der Waals surface area contributed by atoms with Crippen LogP contribution in [0, 0.1) is 0 Å². The van der Waals surface area contributed by atoms with E-state index in [-0.39, 0.29) is 45.9 Å². The van der Waals surface area contributed by atoms with Crippen molar-refractivity contribution in [3.8, 4) is 50.2 Å². The molecule has 3 heterocycles. The number of alkyl halides is 7. The van der Waals surface area contributed by atoms with E-state index in [0.717, 1.165) is 16.9 Å². The zero-order valence-corrected chi connectivity index (χ0v) is 33.5. The molecule has 0 atom stereocenters. The van der Waals surface area contributed by atoms with E-state index in [0.29, 0.717) is 49.3 Å². The number of benzene rings is 3. The van der Waals surface area contributed by atoms with Gasteiger partial charge in [0.05, 0.1) is 10.6 Å². The van der Waals surface area contributed by atoms with Gasteiger partial charge in [0.2, 0.25) is 0 Å². The SMILES string of the molecule is CC(C)c1onc(-c2ccccc2OC(F)(F)F)c1CBr.CC(C)c1onc(-c2ccccc2OC(F)(F)F)c1COc1ccc(-c2ccc(C(=O)O)s2)c(Cl)c1. The molecule has 9 nitrogen and oxygen atoms in total. The van der Waals surface area contributed by atoms with Crippen LogP contribution in [0.5, 0.6) is 17.2 Å². The van der Waals surface area contributed by atoms with E-state index in [1.165, 1.54) is 42.5 Å². The molecule has 6 rings (SSSR count). The smallest absolute Gasteiger partial charge is 0.489 e. The van der Waals surface area contributed by atoms with Crippen LogP contribution < -0.4 is 14.2 Å². The van der Waals surface area contributed by atoms with Gasteiger partial charge < -0.3 is 28.4 Å². The Morgan fingerprint density at radius 2 is 1.28 bits per heavy atom. The molecule has 0 aliphatic rings. The molecule has 57 heavy (non-hydrogen) atoms. The minimum Gasteiger partial charge on any atom is -0.489 e. The Hall–Kier alpha value is -5.00. The van der Waals surface area contributed by atoms with Crippen molar-refractivity contribution in [2.45, 2.75) is 64.2 Å². The number of carbonyl (C=O) groups is 1. The van der Waals surface area contributed by atoms with Gasteiger partial charge in [0.15, 0.2) is 0 Å². The topological polar surface area (TPSA) is 117 Å². The number of hydrogen-bond acceptors (Lipinski definition) is 9. The summed E-state index contributed by atoms with van der Waals surface area (Å²) < 4.78 is 101. The quantitative estimate of drug-likeness (QED) is 0.0946. The zero-order valence-electron chi connectivity index (χ0n) is 30.3. The van der Waals surface area contributed by atoms with Gasteiger partial charge in [-0.25, -0.2) is 4.79 Å². The Bertz CT molecular complexity index is 2320. The molecule has 302 valence electrons. The second-order valence-corrected chi connectivity index (χ2v) is 14.7. The van der Waals surface area contributed by atoms with Crippen molar-refractivity contribution < 1.29 is 59.5 Å². The maximum atomic E-state index is 12.9. The van der Waals surface area contributed by atoms with E-state index in [4.69, 9.17) is 30.5 Å². The van der Waals surface area contributed by atoms with Crippen LogP contribution in [0.1, 0.15) is 71.8 Å². The molecule has 0 aliphatic heterocycles. The summed E-state index contributed by atoms with van der Waals surface area (Å²) in [6.45, 7) is 7.53. The van der Waals surface area contributed by atoms with Crippen LogP contribution in [0.2, 0.25) is 5.02 Å². The number of rotatable bonds is 12. The molecule has 0 unspecified atom stereocenters. The first-order chi connectivity index (χ1) is 26.9. The number of hydrogen-bond donors (Lipinski definition) is 1. The molecule has 0 saturated heterocycles. The first-order valence-corrected chi connectivity index (χ1v) is 19.2. The molecule has 6 aromatic rings. The minimum absolute atomic E-state index is 0.0511. The number of carboxylic acids is 1. The van der Waals surface area contributed by atoms with Crippen LogP contribution in [0.15, 0.2) is 87.9 Å². The number of halogens is 8. The van der Waals surface area contributed by atoms with Crippen LogP contribution >= 0.6 is 38.9 Å². The predicted octanol–water partition coefficient (Wildman–Crippen LogP) is 13.3. The number of para-hydroxylation sites is 2. The molecule has 3 aromatic heterocycles. The lowest BCUT2D eigenvalue weighted by Crippen LogP contribution is -2.17. The first-order valence-electron chi connectivity index (χ1n) is 16.9. The molecule has 18 heteroatoms. The molecule has 0 spiro atoms. The van der Waals surface area contributed by atoms with E-state index >= 15 is 0 Å². The highest BCUT2D eigenvalue weighted by atomic mass is 79.9. The third kappa shape index (κ3) is 10.9. The molecular weight excluding hydrogens is 870 g/mol. The van der Waals surface area contributed by atoms with Crippen LogP contribution in [-0.2, 0) is 11.9 Å². The van der Waals surface area contributed by atoms with E-state index in [9.17, 15) is 31.1 Å². The normalized spacial score (nSPS) is 11.8. The van der Waals surface area contributed by atoms with Crippen molar-refractivity contribution in [3.05, 3.63) is 111 Å². The summed E-state index contributed by atoms with van der Waals surface area (Å²) in [6, 6.07) is 19.7. The van der Waals surface area contributed by atoms with Gasteiger partial charge in [-0.1, -0.05) is 89.8 Å². The number of nitrogens with zero attached hydrogens (tertiary/aromatic N) is 2. The Labute approximate surface area is 339 Å². The van der Waals surface area contributed by atoms with E-state index in [1.807, 2.05) is 27.7 Å². The summed E-state index contributed by atoms with van der Waals surface area (Å²) in [5, 5.41) is 17.9. The average molecular weight is 902 g/mol. The summed E-state index contributed by atoms with van der Waals surface area (Å²) in [5.41, 5.74) is 2.75. The Morgan fingerprint density at radius 3 is 1.74 bits per heavy atom. The van der Waals surface area contributed by atoms with Gasteiger partial charge in [-0.05, 0) is 54.6 Å².